The van der Waals surface area contributed by atoms with Gasteiger partial charge in [0.25, 0.3) is 0 Å². The van der Waals surface area contributed by atoms with Gasteiger partial charge in [-0.1, -0.05) is 102 Å². The number of rotatable bonds is 33. The van der Waals surface area contributed by atoms with Gasteiger partial charge in [0.1, 0.15) is 12.7 Å². The van der Waals surface area contributed by atoms with Gasteiger partial charge < -0.3 is 24.6 Å². The Bertz CT molecular complexity index is 832. The van der Waals surface area contributed by atoms with Crippen molar-refractivity contribution in [1.82, 2.24) is 0 Å². The average Bonchev–Trinajstić information content (AvgIpc) is 3.04. The van der Waals surface area contributed by atoms with E-state index in [2.05, 4.69) is 42.7 Å². The predicted octanol–water partition coefficient (Wildman–Crippen LogP) is 8.27. The summed E-state index contributed by atoms with van der Waals surface area (Å²) in [5, 5.41) is 18.2. The lowest BCUT2D eigenvalue weighted by Crippen LogP contribution is -2.29. The fourth-order valence-electron chi connectivity index (χ4n) is 4.50. The fraction of sp³-hybridized carbons (Fsp3) is 0.829. The summed E-state index contributed by atoms with van der Waals surface area (Å²) >= 11 is 0. The third-order valence-electron chi connectivity index (χ3n) is 7.33. The van der Waals surface area contributed by atoms with Crippen molar-refractivity contribution in [3.63, 3.8) is 0 Å². The summed E-state index contributed by atoms with van der Waals surface area (Å²) in [6.45, 7) is 2.26. The molecule has 0 aliphatic rings. The molecule has 0 heterocycles. The first-order valence-electron chi connectivity index (χ1n) is 17.8. The van der Waals surface area contributed by atoms with Gasteiger partial charge in [-0.25, -0.2) is 4.57 Å². The van der Waals surface area contributed by atoms with Crippen LogP contribution in [-0.4, -0.2) is 65.7 Å². The van der Waals surface area contributed by atoms with E-state index in [1.807, 2.05) is 0 Å². The van der Waals surface area contributed by atoms with Gasteiger partial charge in [-0.15, -0.1) is 0 Å². The highest BCUT2D eigenvalue weighted by atomic mass is 31.2. The van der Waals surface area contributed by atoms with Crippen LogP contribution in [0.15, 0.2) is 24.3 Å². The molecule has 0 amide bonds. The van der Waals surface area contributed by atoms with Crippen LogP contribution in [0.1, 0.15) is 149 Å². The number of carbonyl (C=O) groups is 2. The molecule has 0 spiro atoms. The van der Waals surface area contributed by atoms with Crippen LogP contribution in [0.3, 0.4) is 0 Å². The minimum absolute atomic E-state index is 0.173. The van der Waals surface area contributed by atoms with E-state index in [-0.39, 0.29) is 19.4 Å². The third kappa shape index (κ3) is 31.1. The van der Waals surface area contributed by atoms with Gasteiger partial charge >= 0.3 is 19.8 Å². The normalized spacial score (nSPS) is 14.5. The minimum atomic E-state index is -4.61. The van der Waals surface area contributed by atoms with Gasteiger partial charge in [0, 0.05) is 12.8 Å². The maximum absolute atomic E-state index is 12.5. The van der Waals surface area contributed by atoms with E-state index in [1.54, 1.807) is 0 Å². The number of aliphatic hydroxyl groups excluding tert-OH is 2. The lowest BCUT2D eigenvalue weighted by Gasteiger charge is -2.20. The average molecular weight is 677 g/mol. The Morgan fingerprint density at radius 2 is 1.09 bits per heavy atom. The van der Waals surface area contributed by atoms with Gasteiger partial charge in [0.15, 0.2) is 6.10 Å². The summed E-state index contributed by atoms with van der Waals surface area (Å²) in [6, 6.07) is 0. The van der Waals surface area contributed by atoms with E-state index in [0.29, 0.717) is 12.8 Å². The van der Waals surface area contributed by atoms with Crippen molar-refractivity contribution in [1.29, 1.82) is 0 Å². The fourth-order valence-corrected chi connectivity index (χ4v) is 5.29. The minimum Gasteiger partial charge on any atom is -0.462 e. The maximum atomic E-state index is 12.5. The first-order valence-corrected chi connectivity index (χ1v) is 19.3. The van der Waals surface area contributed by atoms with Gasteiger partial charge in [-0.05, 0) is 57.8 Å². The second-order valence-electron chi connectivity index (χ2n) is 11.9. The molecule has 0 radical (unpaired) electrons. The van der Waals surface area contributed by atoms with E-state index in [1.165, 1.54) is 32.1 Å². The number of phosphoric ester groups is 1. The molecule has 0 bridgehead atoms. The molecule has 1 unspecified atom stereocenters. The largest absolute Gasteiger partial charge is 0.472 e. The number of carbonyl (C=O) groups excluding carboxylic acids is 2. The zero-order chi connectivity index (χ0) is 34.1. The Morgan fingerprint density at radius 1 is 0.630 bits per heavy atom. The number of hydrogen-bond acceptors (Lipinski definition) is 9. The van der Waals surface area contributed by atoms with Crippen LogP contribution < -0.4 is 0 Å². The van der Waals surface area contributed by atoms with Crippen molar-refractivity contribution in [2.45, 2.75) is 161 Å². The van der Waals surface area contributed by atoms with E-state index >= 15 is 0 Å². The topological polar surface area (TPSA) is 149 Å². The Morgan fingerprint density at radius 3 is 1.63 bits per heavy atom. The number of ether oxygens (including phenoxy) is 2. The molecule has 11 heteroatoms. The van der Waals surface area contributed by atoms with E-state index in [4.69, 9.17) is 19.1 Å². The number of hydrogen-bond donors (Lipinski definition) is 3. The molecule has 3 N–H and O–H groups in total. The first-order chi connectivity index (χ1) is 22.2. The summed E-state index contributed by atoms with van der Waals surface area (Å²) in [4.78, 5) is 34.7. The van der Waals surface area contributed by atoms with Crippen molar-refractivity contribution in [3.8, 4) is 0 Å². The molecule has 0 saturated carbocycles. The summed E-state index contributed by atoms with van der Waals surface area (Å²) in [5.74, 6) is -0.950. The molecule has 10 nitrogen and oxygen atoms in total. The smallest absolute Gasteiger partial charge is 0.462 e. The monoisotopic (exact) mass is 676 g/mol. The van der Waals surface area contributed by atoms with Crippen LogP contribution >= 0.6 is 7.82 Å². The van der Waals surface area contributed by atoms with Crippen LogP contribution in [0.25, 0.3) is 0 Å². The molecule has 0 aromatic carbocycles. The summed E-state index contributed by atoms with van der Waals surface area (Å²) in [7, 11) is -4.61. The third-order valence-corrected chi connectivity index (χ3v) is 8.28. The molecule has 0 saturated heterocycles. The standard InChI is InChI=1S/C35H65O10P/c1-3-5-7-9-11-13-15-17-19-21-23-25-27-35(39)45-33(31-44-46(40,41)43-29-32(37)28-36)30-42-34(38)26-24-22-20-18-16-14-12-10-8-6-4-2/h10-13,32-33,36-37H,3-9,14-31H2,1-2H3,(H,40,41)/b12-10-,13-11-/t32-,33+/m0/s1. The zero-order valence-electron chi connectivity index (χ0n) is 28.8. The number of phosphoric acid groups is 1. The number of allylic oxidation sites excluding steroid dienone is 4. The van der Waals surface area contributed by atoms with Gasteiger partial charge in [-0.2, -0.15) is 0 Å². The van der Waals surface area contributed by atoms with E-state index in [0.717, 1.165) is 77.0 Å². The van der Waals surface area contributed by atoms with Crippen molar-refractivity contribution in [2.24, 2.45) is 0 Å². The number of unbranched alkanes of at least 4 members (excludes halogenated alkanes) is 15. The maximum Gasteiger partial charge on any atom is 0.472 e. The highest BCUT2D eigenvalue weighted by molar-refractivity contribution is 7.47. The Kier molecular flexibility index (Phi) is 30.9. The molecule has 0 aliphatic carbocycles. The van der Waals surface area contributed by atoms with Crippen LogP contribution in [-0.2, 0) is 32.7 Å². The SMILES string of the molecule is CCCC/C=C\CCCCCCCC(=O)OC[C@H](COP(=O)(O)OC[C@@H](O)CO)OC(=O)CCCCCCC/C=C\CCCCC. The van der Waals surface area contributed by atoms with Crippen LogP contribution in [0.4, 0.5) is 0 Å². The lowest BCUT2D eigenvalue weighted by molar-refractivity contribution is -0.161. The Hall–Kier alpha value is -1.55. The second kappa shape index (κ2) is 32.0. The molecule has 0 aromatic heterocycles. The molecular weight excluding hydrogens is 611 g/mol. The molecule has 0 rings (SSSR count). The van der Waals surface area contributed by atoms with Crippen LogP contribution in [0, 0.1) is 0 Å². The quantitative estimate of drug-likeness (QED) is 0.0268. The summed E-state index contributed by atoms with van der Waals surface area (Å²) < 4.78 is 32.5. The van der Waals surface area contributed by atoms with Crippen molar-refractivity contribution < 1.29 is 47.8 Å². The highest BCUT2D eigenvalue weighted by Gasteiger charge is 2.27. The van der Waals surface area contributed by atoms with Crippen LogP contribution in [0.2, 0.25) is 0 Å². The van der Waals surface area contributed by atoms with E-state index < -0.39 is 51.8 Å². The summed E-state index contributed by atoms with van der Waals surface area (Å²) in [6.07, 6.45) is 27.3. The Balaban J connectivity index is 4.44. The highest BCUT2D eigenvalue weighted by Crippen LogP contribution is 2.43. The molecule has 0 fully saturated rings. The molecule has 270 valence electrons. The van der Waals surface area contributed by atoms with Crippen LogP contribution in [0.5, 0.6) is 0 Å². The summed E-state index contributed by atoms with van der Waals surface area (Å²) in [5.41, 5.74) is 0. The zero-order valence-corrected chi connectivity index (χ0v) is 29.7. The van der Waals surface area contributed by atoms with Gasteiger partial charge in [-0.3, -0.25) is 18.6 Å². The molecule has 3 atom stereocenters. The lowest BCUT2D eigenvalue weighted by atomic mass is 10.1. The number of esters is 2. The second-order valence-corrected chi connectivity index (χ2v) is 13.3. The van der Waals surface area contributed by atoms with Gasteiger partial charge in [0.2, 0.25) is 0 Å². The van der Waals surface area contributed by atoms with Crippen molar-refractivity contribution in [3.05, 3.63) is 24.3 Å². The Labute approximate surface area is 278 Å². The van der Waals surface area contributed by atoms with E-state index in [9.17, 15) is 24.2 Å². The number of aliphatic hydroxyl groups is 2. The predicted molar refractivity (Wildman–Crippen MR) is 182 cm³/mol. The molecule has 0 aromatic rings. The molecular formula is C35H65O10P. The molecule has 46 heavy (non-hydrogen) atoms. The van der Waals surface area contributed by atoms with Crippen molar-refractivity contribution >= 4 is 19.8 Å². The first kappa shape index (κ1) is 44.5. The van der Waals surface area contributed by atoms with Crippen molar-refractivity contribution in [2.75, 3.05) is 26.4 Å². The molecule has 0 aliphatic heterocycles. The van der Waals surface area contributed by atoms with Gasteiger partial charge in [0.05, 0.1) is 19.8 Å².